The number of aliphatic imine (C=N–C) groups is 1. The minimum absolute atomic E-state index is 0.0822. The summed E-state index contributed by atoms with van der Waals surface area (Å²) in [7, 11) is -3.43. The molecule has 1 aliphatic carbocycles. The molecule has 152 valence electrons. The predicted octanol–water partition coefficient (Wildman–Crippen LogP) is 3.70. The number of anilines is 1. The first-order valence-corrected chi connectivity index (χ1v) is 11.7. The van der Waals surface area contributed by atoms with Crippen LogP contribution in [0.4, 0.5) is 5.69 Å². The van der Waals surface area contributed by atoms with E-state index in [-0.39, 0.29) is 28.1 Å². The lowest BCUT2D eigenvalue weighted by Gasteiger charge is -2.17. The molecule has 0 bridgehead atoms. The number of hydrogen-bond donors (Lipinski definition) is 2. The highest BCUT2D eigenvalue weighted by molar-refractivity contribution is 7.90. The van der Waals surface area contributed by atoms with Crippen LogP contribution >= 0.6 is 0 Å². The van der Waals surface area contributed by atoms with Crippen molar-refractivity contribution in [1.82, 2.24) is 0 Å². The second kappa shape index (κ2) is 8.07. The van der Waals surface area contributed by atoms with Gasteiger partial charge in [-0.25, -0.2) is 8.42 Å². The Hall–Kier alpha value is -2.15. The number of allylic oxidation sites excluding steroid dienone is 1. The fourth-order valence-corrected chi connectivity index (χ4v) is 4.36. The predicted molar refractivity (Wildman–Crippen MR) is 112 cm³/mol. The van der Waals surface area contributed by atoms with E-state index < -0.39 is 9.84 Å². The Morgan fingerprint density at radius 3 is 2.61 bits per heavy atom. The Kier molecular flexibility index (Phi) is 5.93. The molecule has 2 N–H and O–H groups in total. The van der Waals surface area contributed by atoms with Crippen LogP contribution in [0.5, 0.6) is 0 Å². The zero-order chi connectivity index (χ0) is 20.5. The lowest BCUT2D eigenvalue weighted by molar-refractivity contribution is -0.115. The Balaban J connectivity index is 2.07. The summed E-state index contributed by atoms with van der Waals surface area (Å²) in [6.45, 7) is 4.48. The Labute approximate surface area is 166 Å². The molecule has 1 aromatic carbocycles. The third kappa shape index (κ3) is 4.46. The maximum atomic E-state index is 12.5. The second-order valence-corrected chi connectivity index (χ2v) is 9.76. The van der Waals surface area contributed by atoms with Gasteiger partial charge in [0.05, 0.1) is 22.2 Å². The zero-order valence-electron chi connectivity index (χ0n) is 16.7. The monoisotopic (exact) mass is 404 g/mol. The fraction of sp³-hybridized carbons (Fsp3) is 0.524. The standard InChI is InChI=1S/C21H28N2O4S/c1-4-15-7-9-18(24)17(12-22-15)21(25)16-8-10-19(28(3,26)27)20(13(16)2)23-11-14-5-6-14/h8,10,12,14-15,23,25H,4-7,9,11H2,1-3H3/b21-17+. The first kappa shape index (κ1) is 20.6. The minimum Gasteiger partial charge on any atom is -0.506 e. The van der Waals surface area contributed by atoms with Gasteiger partial charge >= 0.3 is 0 Å². The highest BCUT2D eigenvalue weighted by Gasteiger charge is 2.26. The van der Waals surface area contributed by atoms with Crippen LogP contribution in [0.2, 0.25) is 0 Å². The van der Waals surface area contributed by atoms with E-state index in [9.17, 15) is 18.3 Å². The van der Waals surface area contributed by atoms with E-state index in [2.05, 4.69) is 10.3 Å². The van der Waals surface area contributed by atoms with Gasteiger partial charge in [-0.05, 0) is 56.2 Å². The molecule has 0 saturated heterocycles. The molecule has 3 rings (SSSR count). The summed E-state index contributed by atoms with van der Waals surface area (Å²) in [5.74, 6) is 0.276. The summed E-state index contributed by atoms with van der Waals surface area (Å²) in [6.07, 6.45) is 6.77. The summed E-state index contributed by atoms with van der Waals surface area (Å²) in [5, 5.41) is 14.1. The van der Waals surface area contributed by atoms with E-state index in [1.165, 1.54) is 18.5 Å². The number of hydrogen-bond acceptors (Lipinski definition) is 6. The van der Waals surface area contributed by atoms with Gasteiger partial charge in [0.1, 0.15) is 5.76 Å². The van der Waals surface area contributed by atoms with Crippen LogP contribution in [0, 0.1) is 12.8 Å². The van der Waals surface area contributed by atoms with E-state index >= 15 is 0 Å². The van der Waals surface area contributed by atoms with Gasteiger partial charge in [-0.3, -0.25) is 9.79 Å². The number of carbonyl (C=O) groups is 1. The van der Waals surface area contributed by atoms with Crippen molar-refractivity contribution in [2.75, 3.05) is 18.1 Å². The molecule has 1 unspecified atom stereocenters. The number of carbonyl (C=O) groups excluding carboxylic acids is 1. The summed E-state index contributed by atoms with van der Waals surface area (Å²) in [6, 6.07) is 3.15. The van der Waals surface area contributed by atoms with Gasteiger partial charge in [-0.15, -0.1) is 0 Å². The highest BCUT2D eigenvalue weighted by atomic mass is 32.2. The average Bonchev–Trinajstić information content (AvgIpc) is 3.47. The molecule has 1 aliphatic heterocycles. The third-order valence-corrected chi connectivity index (χ3v) is 6.63. The SMILES string of the molecule is CCC1CCC(=O)/C(=C(/O)c2ccc(S(C)(=O)=O)c(NCC3CC3)c2C)C=N1. The summed E-state index contributed by atoms with van der Waals surface area (Å²) in [5.41, 5.74) is 1.77. The van der Waals surface area contributed by atoms with E-state index in [1.807, 2.05) is 6.92 Å². The number of ketones is 1. The molecule has 1 aromatic rings. The van der Waals surface area contributed by atoms with Crippen molar-refractivity contribution in [3.63, 3.8) is 0 Å². The first-order chi connectivity index (χ1) is 13.2. The van der Waals surface area contributed by atoms with Crippen molar-refractivity contribution in [1.29, 1.82) is 0 Å². The number of benzene rings is 1. The van der Waals surface area contributed by atoms with Gasteiger partial charge in [0.15, 0.2) is 15.6 Å². The summed E-state index contributed by atoms with van der Waals surface area (Å²) < 4.78 is 24.5. The van der Waals surface area contributed by atoms with Crippen LogP contribution in [-0.2, 0) is 14.6 Å². The molecule has 0 radical (unpaired) electrons. The molecule has 0 aromatic heterocycles. The Morgan fingerprint density at radius 1 is 1.29 bits per heavy atom. The van der Waals surface area contributed by atoms with Crippen molar-refractivity contribution in [3.05, 3.63) is 28.8 Å². The smallest absolute Gasteiger partial charge is 0.177 e. The van der Waals surface area contributed by atoms with Crippen molar-refractivity contribution in [2.24, 2.45) is 10.9 Å². The van der Waals surface area contributed by atoms with Crippen LogP contribution in [0.15, 0.2) is 27.6 Å². The minimum atomic E-state index is -3.43. The van der Waals surface area contributed by atoms with Crippen LogP contribution in [0.25, 0.3) is 5.76 Å². The number of nitrogens with zero attached hydrogens (tertiary/aromatic N) is 1. The van der Waals surface area contributed by atoms with Gasteiger partial charge in [0.25, 0.3) is 0 Å². The Morgan fingerprint density at radius 2 is 2.00 bits per heavy atom. The zero-order valence-corrected chi connectivity index (χ0v) is 17.5. The average molecular weight is 405 g/mol. The number of nitrogens with one attached hydrogen (secondary N) is 1. The fourth-order valence-electron chi connectivity index (χ4n) is 3.45. The van der Waals surface area contributed by atoms with Gasteiger partial charge in [-0.2, -0.15) is 0 Å². The normalized spacial score (nSPS) is 22.1. The second-order valence-electron chi connectivity index (χ2n) is 7.77. The van der Waals surface area contributed by atoms with Crippen molar-refractivity contribution >= 4 is 33.3 Å². The number of rotatable bonds is 6. The molecule has 6 nitrogen and oxygen atoms in total. The molecule has 1 heterocycles. The van der Waals surface area contributed by atoms with Crippen LogP contribution < -0.4 is 5.32 Å². The molecule has 1 saturated carbocycles. The lowest BCUT2D eigenvalue weighted by atomic mass is 9.98. The van der Waals surface area contributed by atoms with E-state index in [4.69, 9.17) is 0 Å². The molecule has 1 atom stereocenters. The molecule has 0 spiro atoms. The van der Waals surface area contributed by atoms with Gasteiger partial charge in [-0.1, -0.05) is 6.92 Å². The lowest BCUT2D eigenvalue weighted by Crippen LogP contribution is -2.12. The molecule has 0 amide bonds. The van der Waals surface area contributed by atoms with E-state index in [1.54, 1.807) is 13.0 Å². The van der Waals surface area contributed by atoms with Crippen molar-refractivity contribution < 1.29 is 18.3 Å². The molecule has 2 aliphatic rings. The van der Waals surface area contributed by atoms with Gasteiger partial charge in [0.2, 0.25) is 0 Å². The highest BCUT2D eigenvalue weighted by Crippen LogP contribution is 2.35. The molecular formula is C21H28N2O4S. The van der Waals surface area contributed by atoms with E-state index in [0.717, 1.165) is 19.3 Å². The van der Waals surface area contributed by atoms with E-state index in [0.29, 0.717) is 42.1 Å². The molecule has 1 fully saturated rings. The number of Topliss-reactive ketones (excluding diaryl/α,β-unsaturated/α-hetero) is 1. The molecule has 7 heteroatoms. The Bertz CT molecular complexity index is 943. The first-order valence-electron chi connectivity index (χ1n) is 9.79. The van der Waals surface area contributed by atoms with Crippen LogP contribution in [0.3, 0.4) is 0 Å². The number of aliphatic hydroxyl groups excluding tert-OH is 1. The summed E-state index contributed by atoms with van der Waals surface area (Å²) in [4.78, 5) is 17.1. The van der Waals surface area contributed by atoms with Crippen LogP contribution in [-0.4, -0.2) is 44.4 Å². The van der Waals surface area contributed by atoms with Crippen LogP contribution in [0.1, 0.15) is 50.2 Å². The molecular weight excluding hydrogens is 376 g/mol. The maximum Gasteiger partial charge on any atom is 0.177 e. The molecule has 28 heavy (non-hydrogen) atoms. The van der Waals surface area contributed by atoms with Crippen molar-refractivity contribution in [2.45, 2.75) is 56.9 Å². The van der Waals surface area contributed by atoms with Crippen molar-refractivity contribution in [3.8, 4) is 0 Å². The number of sulfone groups is 1. The van der Waals surface area contributed by atoms with Gasteiger partial charge < -0.3 is 10.4 Å². The number of aliphatic hydroxyl groups is 1. The maximum absolute atomic E-state index is 12.5. The van der Waals surface area contributed by atoms with Gasteiger partial charge in [0, 0.05) is 31.0 Å². The topological polar surface area (TPSA) is 95.8 Å². The third-order valence-electron chi connectivity index (χ3n) is 5.49. The quantitative estimate of drug-likeness (QED) is 0.557. The largest absolute Gasteiger partial charge is 0.506 e. The summed E-state index contributed by atoms with van der Waals surface area (Å²) >= 11 is 0.